The first kappa shape index (κ1) is 65.6. The Bertz CT molecular complexity index is 2120. The highest BCUT2D eigenvalue weighted by molar-refractivity contribution is 5.99. The summed E-state index contributed by atoms with van der Waals surface area (Å²) in [6.07, 6.45) is -7.67. The molecule has 6 amide bonds. The lowest BCUT2D eigenvalue weighted by Gasteiger charge is -2.40. The molecular weight excluding hydrogens is 1010 g/mol. The number of Topliss-reactive ketones (excluding diaryl/α,β-unsaturated/α-hetero) is 1. The summed E-state index contributed by atoms with van der Waals surface area (Å²) < 4.78 is 0. The maximum atomic E-state index is 14.8. The van der Waals surface area contributed by atoms with Gasteiger partial charge in [0.1, 0.15) is 41.7 Å². The topological polar surface area (TPSA) is 400 Å². The summed E-state index contributed by atoms with van der Waals surface area (Å²) in [5, 5.41) is 103. The lowest BCUT2D eigenvalue weighted by molar-refractivity contribution is -0.154. The Morgan fingerprint density at radius 3 is 2.08 bits per heavy atom. The molecule has 0 aliphatic carbocycles. The van der Waals surface area contributed by atoms with Gasteiger partial charge in [-0.05, 0) is 75.6 Å². The Balaban J connectivity index is 1.75. The van der Waals surface area contributed by atoms with E-state index >= 15 is 0 Å². The van der Waals surface area contributed by atoms with Crippen molar-refractivity contribution in [1.29, 1.82) is 0 Å². The maximum Gasteiger partial charge on any atom is 0.249 e. The number of unbranched alkanes of at least 4 members (excludes halogenated alkanes) is 5. The van der Waals surface area contributed by atoms with Gasteiger partial charge in [0.25, 0.3) is 0 Å². The van der Waals surface area contributed by atoms with Crippen LogP contribution in [0.5, 0.6) is 5.75 Å². The van der Waals surface area contributed by atoms with E-state index in [0.29, 0.717) is 24.7 Å². The van der Waals surface area contributed by atoms with E-state index in [1.807, 2.05) is 0 Å². The lowest BCUT2D eigenvalue weighted by atomic mass is 9.86. The molecule has 4 rings (SSSR count). The number of amides is 6. The number of nitrogens with one attached hydrogen (secondary N) is 5. The summed E-state index contributed by atoms with van der Waals surface area (Å²) >= 11 is 0. The molecule has 3 aliphatic rings. The van der Waals surface area contributed by atoms with Crippen LogP contribution in [0.3, 0.4) is 0 Å². The number of hydrogen-bond donors (Lipinski definition) is 15. The van der Waals surface area contributed by atoms with E-state index < -0.39 is 152 Å². The van der Waals surface area contributed by atoms with Crippen LogP contribution in [-0.4, -0.2) is 197 Å². The van der Waals surface area contributed by atoms with E-state index in [1.165, 1.54) is 44.5 Å². The van der Waals surface area contributed by atoms with Crippen LogP contribution in [0.15, 0.2) is 24.3 Å². The standard InChI is InChI=1S/C54H91N9O15/c1-6-30(2)25-31(3)13-11-9-7-8-10-12-14-43(71)58-37-28-41(69)48(57-23-22-56)61-53(78)54(5)42(70)20-24-63(54)52(77)45(39(67)19-21-55)60-49(74)36(47(73)46(72)33-15-17-34(65)18-16-33)27-40(68)38-26-35(66)29-62(38)51(76)44(32(4)64)59-50(37)75/h15-18,30-32,35-39,41-42,44-48,57,64-67,69-70,72-73H,6-14,19-29,55-56H2,1-5H3,(H,58,71)(H,59,75)(H,60,74)(H,61,78)/t30?,31?,32-,35-,36+,37+,38+,39-,41-,42+,44+,45+,46+,47+,48+,54+/m1/s1. The van der Waals surface area contributed by atoms with Crippen LogP contribution in [-0.2, 0) is 33.6 Å². The van der Waals surface area contributed by atoms with E-state index in [1.54, 1.807) is 0 Å². The largest absolute Gasteiger partial charge is 0.508 e. The second-order valence-corrected chi connectivity index (χ2v) is 22.1. The first-order chi connectivity index (χ1) is 36.9. The average molecular weight is 1110 g/mol. The first-order valence-electron chi connectivity index (χ1n) is 27.9. The zero-order chi connectivity index (χ0) is 58.0. The number of fused-ring (bicyclic) bond motifs is 2. The second-order valence-electron chi connectivity index (χ2n) is 22.1. The number of aliphatic hydroxyl groups is 7. The van der Waals surface area contributed by atoms with Gasteiger partial charge in [-0.1, -0.05) is 77.8 Å². The van der Waals surface area contributed by atoms with E-state index in [9.17, 15) is 74.4 Å². The Morgan fingerprint density at radius 1 is 0.808 bits per heavy atom. The molecule has 1 aromatic carbocycles. The predicted molar refractivity (Wildman–Crippen MR) is 286 cm³/mol. The molecule has 3 heterocycles. The van der Waals surface area contributed by atoms with Crippen molar-refractivity contribution in [2.24, 2.45) is 29.2 Å². The molecule has 1 aromatic rings. The molecular formula is C54H91N9O15. The summed E-state index contributed by atoms with van der Waals surface area (Å²) in [5.74, 6) is -7.98. The van der Waals surface area contributed by atoms with Crippen LogP contribution in [0.2, 0.25) is 0 Å². The van der Waals surface area contributed by atoms with Crippen molar-refractivity contribution < 1.29 is 74.4 Å². The highest BCUT2D eigenvalue weighted by Gasteiger charge is 2.55. The summed E-state index contributed by atoms with van der Waals surface area (Å²) in [6.45, 7) is 8.01. The van der Waals surface area contributed by atoms with Gasteiger partial charge < -0.3 is 83.4 Å². The number of aliphatic hydroxyl groups excluding tert-OH is 7. The average Bonchev–Trinajstić information content (AvgIpc) is 4.01. The normalized spacial score (nSPS) is 29.5. The molecule has 3 aliphatic heterocycles. The number of hydrogen-bond acceptors (Lipinski definition) is 18. The van der Waals surface area contributed by atoms with Gasteiger partial charge in [-0.15, -0.1) is 0 Å². The highest BCUT2D eigenvalue weighted by atomic mass is 16.3. The minimum atomic E-state index is -2.19. The van der Waals surface area contributed by atoms with Gasteiger partial charge in [-0.25, -0.2) is 0 Å². The van der Waals surface area contributed by atoms with Crippen LogP contribution in [0, 0.1) is 17.8 Å². The fraction of sp³-hybridized carbons (Fsp3) is 0.759. The number of rotatable bonds is 23. The molecule has 0 spiro atoms. The highest BCUT2D eigenvalue weighted by Crippen LogP contribution is 2.33. The molecule has 78 heavy (non-hydrogen) atoms. The van der Waals surface area contributed by atoms with Crippen molar-refractivity contribution in [2.75, 3.05) is 32.7 Å². The van der Waals surface area contributed by atoms with Crippen molar-refractivity contribution in [3.8, 4) is 5.75 Å². The zero-order valence-corrected chi connectivity index (χ0v) is 46.1. The third-order valence-electron chi connectivity index (χ3n) is 15.8. The number of carbonyl (C=O) groups excluding carboxylic acids is 7. The van der Waals surface area contributed by atoms with Crippen molar-refractivity contribution in [3.05, 3.63) is 29.8 Å². The predicted octanol–water partition coefficient (Wildman–Crippen LogP) is -1.83. The number of phenolic OH excluding ortho intramolecular Hbond substituents is 1. The van der Waals surface area contributed by atoms with Gasteiger partial charge in [0.05, 0.1) is 48.6 Å². The summed E-state index contributed by atoms with van der Waals surface area (Å²) in [6, 6.07) is -2.18. The molecule has 0 bridgehead atoms. The number of carbonyl (C=O) groups is 7. The minimum absolute atomic E-state index is 0.0207. The Hall–Kier alpha value is -4.89. The monoisotopic (exact) mass is 1110 g/mol. The second kappa shape index (κ2) is 31.2. The number of benzene rings is 1. The lowest BCUT2D eigenvalue weighted by Crippen LogP contribution is -2.68. The van der Waals surface area contributed by atoms with Gasteiger partial charge in [0.2, 0.25) is 35.4 Å². The molecule has 24 nitrogen and oxygen atoms in total. The molecule has 0 saturated carbocycles. The van der Waals surface area contributed by atoms with Crippen molar-refractivity contribution in [1.82, 2.24) is 36.4 Å². The number of aromatic hydroxyl groups is 1. The molecule has 0 aromatic heterocycles. The third-order valence-corrected chi connectivity index (χ3v) is 15.8. The smallest absolute Gasteiger partial charge is 0.249 e. The van der Waals surface area contributed by atoms with Gasteiger partial charge in [-0.2, -0.15) is 0 Å². The molecule has 24 heteroatoms. The molecule has 3 fully saturated rings. The van der Waals surface area contributed by atoms with Crippen LogP contribution in [0.1, 0.15) is 143 Å². The van der Waals surface area contributed by atoms with E-state index in [2.05, 4.69) is 47.4 Å². The fourth-order valence-electron chi connectivity index (χ4n) is 10.8. The zero-order valence-electron chi connectivity index (χ0n) is 46.1. The fourth-order valence-corrected chi connectivity index (χ4v) is 10.8. The van der Waals surface area contributed by atoms with Crippen LogP contribution in [0.25, 0.3) is 0 Å². The molecule has 0 radical (unpaired) electrons. The van der Waals surface area contributed by atoms with Gasteiger partial charge in [0.15, 0.2) is 5.78 Å². The summed E-state index contributed by atoms with van der Waals surface area (Å²) in [5.41, 5.74) is 9.40. The van der Waals surface area contributed by atoms with Crippen molar-refractivity contribution in [2.45, 2.75) is 210 Å². The van der Waals surface area contributed by atoms with Crippen LogP contribution in [0.4, 0.5) is 0 Å². The molecule has 16 atom stereocenters. The quantitative estimate of drug-likeness (QED) is 0.0536. The molecule has 3 saturated heterocycles. The Morgan fingerprint density at radius 2 is 1.45 bits per heavy atom. The maximum absolute atomic E-state index is 14.8. The Kier molecular flexibility index (Phi) is 26.2. The van der Waals surface area contributed by atoms with Gasteiger partial charge in [-0.3, -0.25) is 38.9 Å². The van der Waals surface area contributed by atoms with E-state index in [0.717, 1.165) is 48.3 Å². The molecule has 442 valence electrons. The van der Waals surface area contributed by atoms with E-state index in [-0.39, 0.29) is 56.8 Å². The van der Waals surface area contributed by atoms with E-state index in [4.69, 9.17) is 11.5 Å². The number of ketones is 1. The van der Waals surface area contributed by atoms with Crippen molar-refractivity contribution in [3.63, 3.8) is 0 Å². The Labute approximate surface area is 457 Å². The van der Waals surface area contributed by atoms with Crippen LogP contribution < -0.4 is 38.1 Å². The minimum Gasteiger partial charge on any atom is -0.508 e. The molecule has 2 unspecified atom stereocenters. The third kappa shape index (κ3) is 17.8. The SMILES string of the molecule is CCC(C)CC(C)CCCCCCCCC(=O)N[C@H]1C[C@@H](O)[C@@H](NCCN)NC(=O)[C@]2(C)[C@@H](O)CCN2C(=O)[C@H]([C@H](O)CCN)NC(=O)[C@H]([C@H](O)[C@@H](O)c2ccc(O)cc2)CC(=O)[C@@H]2C[C@@H](O)CN2C(=O)[C@H]([C@@H](C)O)NC1=O. The van der Waals surface area contributed by atoms with Crippen molar-refractivity contribution >= 4 is 41.2 Å². The number of phenols is 1. The molecule has 17 N–H and O–H groups in total. The van der Waals surface area contributed by atoms with Gasteiger partial charge in [0, 0.05) is 51.9 Å². The van der Waals surface area contributed by atoms with Crippen LogP contribution >= 0.6 is 0 Å². The number of nitrogens with two attached hydrogens (primary N) is 2. The summed E-state index contributed by atoms with van der Waals surface area (Å²) in [4.78, 5) is 103. The summed E-state index contributed by atoms with van der Waals surface area (Å²) in [7, 11) is 0. The van der Waals surface area contributed by atoms with Gasteiger partial charge >= 0.3 is 0 Å². The first-order valence-corrected chi connectivity index (χ1v) is 27.9. The number of nitrogens with zero attached hydrogens (tertiary/aromatic N) is 2.